The van der Waals surface area contributed by atoms with Gasteiger partial charge in [0.2, 0.25) is 11.6 Å². The maximum atomic E-state index is 14.8. The van der Waals surface area contributed by atoms with Gasteiger partial charge >= 0.3 is 0 Å². The molecule has 0 unspecified atom stereocenters. The number of benzene rings is 2. The van der Waals surface area contributed by atoms with Crippen LogP contribution in [0.2, 0.25) is 0 Å². The van der Waals surface area contributed by atoms with E-state index in [0.717, 1.165) is 25.7 Å². The molecular formula is C19H18F2O3. The van der Waals surface area contributed by atoms with E-state index in [1.54, 1.807) is 25.1 Å². The second-order valence-corrected chi connectivity index (χ2v) is 6.07. The van der Waals surface area contributed by atoms with E-state index in [4.69, 9.17) is 13.9 Å². The van der Waals surface area contributed by atoms with E-state index in [2.05, 4.69) is 0 Å². The molecule has 1 aliphatic carbocycles. The van der Waals surface area contributed by atoms with E-state index < -0.39 is 11.6 Å². The molecule has 2 aromatic carbocycles. The van der Waals surface area contributed by atoms with E-state index in [1.807, 2.05) is 0 Å². The van der Waals surface area contributed by atoms with Crippen molar-refractivity contribution in [2.75, 3.05) is 6.61 Å². The Kier molecular flexibility index (Phi) is 3.79. The molecule has 1 saturated carbocycles. The van der Waals surface area contributed by atoms with Gasteiger partial charge in [0, 0.05) is 10.8 Å². The van der Waals surface area contributed by atoms with Crippen molar-refractivity contribution in [1.82, 2.24) is 0 Å². The Bertz CT molecular complexity index is 895. The van der Waals surface area contributed by atoms with Gasteiger partial charge in [-0.25, -0.2) is 0 Å². The predicted molar refractivity (Wildman–Crippen MR) is 87.7 cm³/mol. The predicted octanol–water partition coefficient (Wildman–Crippen LogP) is 5.58. The van der Waals surface area contributed by atoms with Crippen LogP contribution in [0.3, 0.4) is 0 Å². The van der Waals surface area contributed by atoms with Crippen LogP contribution >= 0.6 is 0 Å². The molecule has 0 N–H and O–H groups in total. The van der Waals surface area contributed by atoms with Gasteiger partial charge in [-0.15, -0.1) is 0 Å². The van der Waals surface area contributed by atoms with Crippen molar-refractivity contribution in [2.45, 2.75) is 38.7 Å². The molecular weight excluding hydrogens is 314 g/mol. The largest absolute Gasteiger partial charge is 0.491 e. The quantitative estimate of drug-likeness (QED) is 0.624. The van der Waals surface area contributed by atoms with Crippen LogP contribution in [0.1, 0.15) is 32.6 Å². The summed E-state index contributed by atoms with van der Waals surface area (Å²) in [6.07, 6.45) is 4.12. The zero-order valence-corrected chi connectivity index (χ0v) is 13.4. The smallest absolute Gasteiger partial charge is 0.208 e. The third-order valence-corrected chi connectivity index (χ3v) is 4.51. The molecule has 1 heterocycles. The second kappa shape index (κ2) is 5.96. The van der Waals surface area contributed by atoms with Crippen molar-refractivity contribution in [3.63, 3.8) is 0 Å². The van der Waals surface area contributed by atoms with Crippen molar-refractivity contribution < 1.29 is 22.7 Å². The lowest BCUT2D eigenvalue weighted by atomic mass is 10.1. The molecule has 0 aliphatic heterocycles. The van der Waals surface area contributed by atoms with E-state index >= 15 is 0 Å². The number of fused-ring (bicyclic) bond motifs is 3. The third-order valence-electron chi connectivity index (χ3n) is 4.51. The summed E-state index contributed by atoms with van der Waals surface area (Å²) in [5, 5.41) is 1.06. The van der Waals surface area contributed by atoms with Crippen LogP contribution in [-0.4, -0.2) is 12.7 Å². The van der Waals surface area contributed by atoms with Gasteiger partial charge in [0.25, 0.3) is 0 Å². The first kappa shape index (κ1) is 15.2. The molecule has 5 heteroatoms. The van der Waals surface area contributed by atoms with Gasteiger partial charge in [0.1, 0.15) is 0 Å². The lowest BCUT2D eigenvalue weighted by Crippen LogP contribution is -2.11. The summed E-state index contributed by atoms with van der Waals surface area (Å²) in [5.41, 5.74) is 0.0286. The number of hydrogen-bond donors (Lipinski definition) is 0. The number of furan rings is 1. The van der Waals surface area contributed by atoms with Crippen LogP contribution in [0, 0.1) is 11.6 Å². The molecule has 0 saturated heterocycles. The van der Waals surface area contributed by atoms with Crippen molar-refractivity contribution in [2.24, 2.45) is 0 Å². The molecule has 1 aromatic heterocycles. The van der Waals surface area contributed by atoms with Crippen LogP contribution in [0.25, 0.3) is 21.9 Å². The van der Waals surface area contributed by atoms with Gasteiger partial charge in [0.15, 0.2) is 22.7 Å². The van der Waals surface area contributed by atoms with Crippen LogP contribution in [0.15, 0.2) is 28.7 Å². The number of hydrogen-bond acceptors (Lipinski definition) is 3. The zero-order valence-electron chi connectivity index (χ0n) is 13.4. The summed E-state index contributed by atoms with van der Waals surface area (Å²) >= 11 is 0. The molecule has 3 nitrogen and oxygen atoms in total. The fourth-order valence-electron chi connectivity index (χ4n) is 3.35. The fourth-order valence-corrected chi connectivity index (χ4v) is 3.35. The summed E-state index contributed by atoms with van der Waals surface area (Å²) in [4.78, 5) is 0. The number of ether oxygens (including phenoxy) is 2. The topological polar surface area (TPSA) is 31.6 Å². The molecule has 1 aliphatic rings. The molecule has 1 fully saturated rings. The minimum absolute atomic E-state index is 0.00728. The zero-order chi connectivity index (χ0) is 16.7. The number of halogens is 2. The molecule has 0 spiro atoms. The Labute approximate surface area is 138 Å². The monoisotopic (exact) mass is 332 g/mol. The molecule has 3 aromatic rings. The van der Waals surface area contributed by atoms with Gasteiger partial charge in [-0.2, -0.15) is 8.78 Å². The Balaban J connectivity index is 1.82. The van der Waals surface area contributed by atoms with Crippen molar-refractivity contribution in [1.29, 1.82) is 0 Å². The number of rotatable bonds is 4. The first-order chi connectivity index (χ1) is 11.7. The Hall–Kier alpha value is -2.30. The lowest BCUT2D eigenvalue weighted by Gasteiger charge is -2.13. The van der Waals surface area contributed by atoms with Gasteiger partial charge in [-0.05, 0) is 56.9 Å². The van der Waals surface area contributed by atoms with E-state index in [0.29, 0.717) is 17.4 Å². The standard InChI is InChI=1S/C19H18F2O3/c1-2-22-14-9-7-12-13-8-10-15(23-11-5-3-4-6-11)17(21)19(13)24-18(12)16(14)20/h7-11H,2-6H2,1H3. The SMILES string of the molecule is CCOc1ccc2c(oc3c(F)c(OC4CCCC4)ccc32)c1F. The van der Waals surface area contributed by atoms with Gasteiger partial charge in [-0.3, -0.25) is 0 Å². The average Bonchev–Trinajstić information content (AvgIpc) is 3.21. The molecule has 0 amide bonds. The summed E-state index contributed by atoms with van der Waals surface area (Å²) in [6, 6.07) is 6.54. The average molecular weight is 332 g/mol. The first-order valence-electron chi connectivity index (χ1n) is 8.31. The normalized spacial score (nSPS) is 15.5. The van der Waals surface area contributed by atoms with Crippen LogP contribution < -0.4 is 9.47 Å². The molecule has 4 rings (SSSR count). The van der Waals surface area contributed by atoms with Gasteiger partial charge in [-0.1, -0.05) is 0 Å². The first-order valence-corrected chi connectivity index (χ1v) is 8.31. The van der Waals surface area contributed by atoms with Crippen molar-refractivity contribution in [3.8, 4) is 11.5 Å². The van der Waals surface area contributed by atoms with Crippen molar-refractivity contribution in [3.05, 3.63) is 35.9 Å². The van der Waals surface area contributed by atoms with E-state index in [9.17, 15) is 8.78 Å². The fraction of sp³-hybridized carbons (Fsp3) is 0.368. The maximum Gasteiger partial charge on any atom is 0.208 e. The van der Waals surface area contributed by atoms with E-state index in [1.165, 1.54) is 6.07 Å². The summed E-state index contributed by atoms with van der Waals surface area (Å²) in [5.74, 6) is -0.915. The highest BCUT2D eigenvalue weighted by atomic mass is 19.1. The minimum atomic E-state index is -0.608. The van der Waals surface area contributed by atoms with Gasteiger partial charge < -0.3 is 13.9 Å². The molecule has 0 atom stereocenters. The maximum absolute atomic E-state index is 14.8. The van der Waals surface area contributed by atoms with Crippen molar-refractivity contribution >= 4 is 21.9 Å². The molecule has 0 radical (unpaired) electrons. The van der Waals surface area contributed by atoms with Crippen LogP contribution in [-0.2, 0) is 0 Å². The van der Waals surface area contributed by atoms with Crippen LogP contribution in [0.4, 0.5) is 8.78 Å². The highest BCUT2D eigenvalue weighted by Crippen LogP contribution is 2.38. The molecule has 126 valence electrons. The summed E-state index contributed by atoms with van der Waals surface area (Å²) in [6.45, 7) is 2.12. The second-order valence-electron chi connectivity index (χ2n) is 6.07. The summed E-state index contributed by atoms with van der Waals surface area (Å²) in [7, 11) is 0. The highest BCUT2D eigenvalue weighted by molar-refractivity contribution is 6.06. The molecule has 24 heavy (non-hydrogen) atoms. The Morgan fingerprint density at radius 1 is 0.958 bits per heavy atom. The highest BCUT2D eigenvalue weighted by Gasteiger charge is 2.22. The van der Waals surface area contributed by atoms with E-state index in [-0.39, 0.29) is 28.8 Å². The lowest BCUT2D eigenvalue weighted by molar-refractivity contribution is 0.201. The minimum Gasteiger partial charge on any atom is -0.491 e. The third kappa shape index (κ3) is 2.39. The van der Waals surface area contributed by atoms with Gasteiger partial charge in [0.05, 0.1) is 12.7 Å². The molecule has 0 bridgehead atoms. The Morgan fingerprint density at radius 2 is 1.54 bits per heavy atom. The van der Waals surface area contributed by atoms with Crippen LogP contribution in [0.5, 0.6) is 11.5 Å². The Morgan fingerprint density at radius 3 is 2.17 bits per heavy atom. The summed E-state index contributed by atoms with van der Waals surface area (Å²) < 4.78 is 45.7.